The van der Waals surface area contributed by atoms with Crippen LogP contribution in [-0.4, -0.2) is 33.5 Å². The quantitative estimate of drug-likeness (QED) is 0.614. The van der Waals surface area contributed by atoms with Crippen LogP contribution in [0.2, 0.25) is 0 Å². The molecular formula is C14H19N3O5. The Balaban J connectivity index is 2.85. The second-order valence-electron chi connectivity index (χ2n) is 5.59. The third-order valence-electron chi connectivity index (χ3n) is 3.09. The number of nitrogens with two attached hydrogens (primary N) is 1. The molecule has 1 rings (SSSR count). The standard InChI is InChI=1S/C14H19N3O5/c1-14(2,8-17-6-4-3-5-11(17)19)13(22)16-9(12(20)21)7-10(15)18/h3-6,9H,7-8H2,1-2H3,(H2,15,18)(H,16,22)(H,20,21). The van der Waals surface area contributed by atoms with Crippen LogP contribution in [0.4, 0.5) is 0 Å². The van der Waals surface area contributed by atoms with E-state index in [-0.39, 0.29) is 12.1 Å². The fraction of sp³-hybridized carbons (Fsp3) is 0.429. The van der Waals surface area contributed by atoms with Gasteiger partial charge in [0.15, 0.2) is 0 Å². The van der Waals surface area contributed by atoms with Gasteiger partial charge in [-0.25, -0.2) is 4.79 Å². The zero-order valence-electron chi connectivity index (χ0n) is 12.4. The van der Waals surface area contributed by atoms with Gasteiger partial charge in [0.05, 0.1) is 11.8 Å². The Labute approximate surface area is 126 Å². The van der Waals surface area contributed by atoms with Gasteiger partial charge in [-0.2, -0.15) is 0 Å². The monoisotopic (exact) mass is 309 g/mol. The number of carbonyl (C=O) groups excluding carboxylic acids is 2. The normalized spacial score (nSPS) is 12.5. The smallest absolute Gasteiger partial charge is 0.326 e. The third kappa shape index (κ3) is 4.72. The van der Waals surface area contributed by atoms with Crippen LogP contribution in [0, 0.1) is 5.41 Å². The van der Waals surface area contributed by atoms with Gasteiger partial charge in [0.2, 0.25) is 11.8 Å². The molecule has 0 aromatic carbocycles. The summed E-state index contributed by atoms with van der Waals surface area (Å²) in [6, 6.07) is 3.21. The van der Waals surface area contributed by atoms with Crippen LogP contribution in [0.3, 0.4) is 0 Å². The Morgan fingerprint density at radius 2 is 2.00 bits per heavy atom. The van der Waals surface area contributed by atoms with Crippen molar-refractivity contribution in [2.45, 2.75) is 32.9 Å². The Morgan fingerprint density at radius 1 is 1.36 bits per heavy atom. The number of aliphatic carboxylic acids is 1. The van der Waals surface area contributed by atoms with Crippen molar-refractivity contribution in [3.63, 3.8) is 0 Å². The molecule has 1 aromatic rings. The first-order valence-electron chi connectivity index (χ1n) is 6.61. The van der Waals surface area contributed by atoms with Crippen LogP contribution in [0.15, 0.2) is 29.2 Å². The van der Waals surface area contributed by atoms with E-state index in [0.717, 1.165) is 0 Å². The van der Waals surface area contributed by atoms with E-state index in [9.17, 15) is 19.2 Å². The highest BCUT2D eigenvalue weighted by Crippen LogP contribution is 2.18. The molecule has 0 bridgehead atoms. The molecule has 1 heterocycles. The van der Waals surface area contributed by atoms with Crippen LogP contribution < -0.4 is 16.6 Å². The third-order valence-corrected chi connectivity index (χ3v) is 3.09. The largest absolute Gasteiger partial charge is 0.480 e. The SMILES string of the molecule is CC(C)(Cn1ccccc1=O)C(=O)NC(CC(N)=O)C(=O)O. The summed E-state index contributed by atoms with van der Waals surface area (Å²) in [7, 11) is 0. The number of primary amides is 1. The molecular weight excluding hydrogens is 290 g/mol. The Bertz CT molecular complexity index is 635. The number of nitrogens with one attached hydrogen (secondary N) is 1. The van der Waals surface area contributed by atoms with E-state index in [1.54, 1.807) is 26.0 Å². The number of rotatable bonds is 7. The molecule has 0 saturated heterocycles. The number of carboxylic acids is 1. The molecule has 4 N–H and O–H groups in total. The van der Waals surface area contributed by atoms with E-state index < -0.39 is 35.7 Å². The van der Waals surface area contributed by atoms with E-state index in [0.29, 0.717) is 0 Å². The number of nitrogens with zero attached hydrogens (tertiary/aromatic N) is 1. The minimum absolute atomic E-state index is 0.0709. The fourth-order valence-corrected chi connectivity index (χ4v) is 1.84. The first-order valence-corrected chi connectivity index (χ1v) is 6.61. The summed E-state index contributed by atoms with van der Waals surface area (Å²) < 4.78 is 1.35. The molecule has 0 fully saturated rings. The highest BCUT2D eigenvalue weighted by molar-refractivity contribution is 5.90. The molecule has 1 atom stereocenters. The lowest BCUT2D eigenvalue weighted by Crippen LogP contribution is -2.49. The summed E-state index contributed by atoms with van der Waals surface area (Å²) in [6.07, 6.45) is 1.04. The molecule has 120 valence electrons. The van der Waals surface area contributed by atoms with Gasteiger partial charge in [-0.3, -0.25) is 14.4 Å². The molecule has 1 unspecified atom stereocenters. The van der Waals surface area contributed by atoms with Gasteiger partial charge < -0.3 is 20.7 Å². The topological polar surface area (TPSA) is 131 Å². The van der Waals surface area contributed by atoms with Crippen LogP contribution in [0.25, 0.3) is 0 Å². The fourth-order valence-electron chi connectivity index (χ4n) is 1.84. The zero-order chi connectivity index (χ0) is 16.9. The van der Waals surface area contributed by atoms with Gasteiger partial charge >= 0.3 is 5.97 Å². The van der Waals surface area contributed by atoms with Gasteiger partial charge in [-0.15, -0.1) is 0 Å². The number of hydrogen-bond donors (Lipinski definition) is 3. The number of hydrogen-bond acceptors (Lipinski definition) is 4. The summed E-state index contributed by atoms with van der Waals surface area (Å²) in [4.78, 5) is 45.8. The summed E-state index contributed by atoms with van der Waals surface area (Å²) in [5, 5.41) is 11.3. The summed E-state index contributed by atoms with van der Waals surface area (Å²) >= 11 is 0. The lowest BCUT2D eigenvalue weighted by molar-refractivity contribution is -0.145. The average Bonchev–Trinajstić information content (AvgIpc) is 2.39. The molecule has 0 aliphatic heterocycles. The van der Waals surface area contributed by atoms with Gasteiger partial charge in [0, 0.05) is 18.8 Å². The molecule has 0 saturated carbocycles. The van der Waals surface area contributed by atoms with E-state index >= 15 is 0 Å². The predicted octanol–water partition coefficient (Wildman–Crippen LogP) is -0.681. The van der Waals surface area contributed by atoms with Crippen LogP contribution in [0.5, 0.6) is 0 Å². The molecule has 8 heteroatoms. The van der Waals surface area contributed by atoms with Gasteiger partial charge in [0.25, 0.3) is 5.56 Å². The maximum absolute atomic E-state index is 12.2. The number of carboxylic acid groups (broad SMARTS) is 1. The van der Waals surface area contributed by atoms with Gasteiger partial charge in [-0.1, -0.05) is 6.07 Å². The number of pyridine rings is 1. The van der Waals surface area contributed by atoms with E-state index in [4.69, 9.17) is 10.8 Å². The highest BCUT2D eigenvalue weighted by Gasteiger charge is 2.32. The zero-order valence-corrected chi connectivity index (χ0v) is 12.4. The van der Waals surface area contributed by atoms with Crippen molar-refractivity contribution in [3.8, 4) is 0 Å². The van der Waals surface area contributed by atoms with Crippen molar-refractivity contribution >= 4 is 17.8 Å². The van der Waals surface area contributed by atoms with Crippen molar-refractivity contribution in [3.05, 3.63) is 34.7 Å². The highest BCUT2D eigenvalue weighted by atomic mass is 16.4. The van der Waals surface area contributed by atoms with Crippen molar-refractivity contribution in [2.24, 2.45) is 11.1 Å². The Kier molecular flexibility index (Phi) is 5.44. The molecule has 0 aliphatic carbocycles. The van der Waals surface area contributed by atoms with Crippen molar-refractivity contribution in [1.29, 1.82) is 0 Å². The number of aromatic nitrogens is 1. The van der Waals surface area contributed by atoms with Gasteiger partial charge in [0.1, 0.15) is 6.04 Å². The van der Waals surface area contributed by atoms with E-state index in [2.05, 4.69) is 5.32 Å². The Morgan fingerprint density at radius 3 is 2.50 bits per heavy atom. The number of carbonyl (C=O) groups is 3. The molecule has 0 radical (unpaired) electrons. The molecule has 22 heavy (non-hydrogen) atoms. The second-order valence-corrected chi connectivity index (χ2v) is 5.59. The summed E-state index contributed by atoms with van der Waals surface area (Å²) in [5.74, 6) is -2.76. The van der Waals surface area contributed by atoms with Crippen molar-refractivity contribution in [2.75, 3.05) is 0 Å². The predicted molar refractivity (Wildman–Crippen MR) is 77.9 cm³/mol. The number of amides is 2. The minimum Gasteiger partial charge on any atom is -0.480 e. The first kappa shape index (κ1) is 17.4. The molecule has 2 amide bonds. The molecule has 0 spiro atoms. The summed E-state index contributed by atoms with van der Waals surface area (Å²) in [6.45, 7) is 3.22. The lowest BCUT2D eigenvalue weighted by atomic mass is 9.91. The van der Waals surface area contributed by atoms with E-state index in [1.807, 2.05) is 0 Å². The van der Waals surface area contributed by atoms with Crippen LogP contribution >= 0.6 is 0 Å². The Hall–Kier alpha value is -2.64. The maximum Gasteiger partial charge on any atom is 0.326 e. The lowest BCUT2D eigenvalue weighted by Gasteiger charge is -2.26. The first-order chi connectivity index (χ1) is 10.1. The maximum atomic E-state index is 12.2. The molecule has 1 aromatic heterocycles. The molecule has 8 nitrogen and oxygen atoms in total. The van der Waals surface area contributed by atoms with Gasteiger partial charge in [-0.05, 0) is 19.9 Å². The average molecular weight is 309 g/mol. The van der Waals surface area contributed by atoms with Crippen molar-refractivity contribution < 1.29 is 19.5 Å². The molecule has 0 aliphatic rings. The van der Waals surface area contributed by atoms with Crippen LogP contribution in [-0.2, 0) is 20.9 Å². The van der Waals surface area contributed by atoms with E-state index in [1.165, 1.54) is 16.8 Å². The minimum atomic E-state index is -1.39. The van der Waals surface area contributed by atoms with Crippen LogP contribution in [0.1, 0.15) is 20.3 Å². The van der Waals surface area contributed by atoms with Crippen molar-refractivity contribution in [1.82, 2.24) is 9.88 Å². The summed E-state index contributed by atoms with van der Waals surface area (Å²) in [5.41, 5.74) is 3.65. The second kappa shape index (κ2) is 6.88.